The molecule has 0 radical (unpaired) electrons. The summed E-state index contributed by atoms with van der Waals surface area (Å²) in [5.41, 5.74) is 3.55. The zero-order chi connectivity index (χ0) is 25.2. The van der Waals surface area contributed by atoms with Crippen LogP contribution in [0, 0.1) is 5.92 Å². The molecule has 0 bridgehead atoms. The first kappa shape index (κ1) is 25.8. The van der Waals surface area contributed by atoms with Crippen LogP contribution in [0.15, 0.2) is 78.7 Å². The minimum atomic E-state index is -0.323. The van der Waals surface area contributed by atoms with E-state index in [1.807, 2.05) is 26.1 Å². The third-order valence-electron chi connectivity index (χ3n) is 5.30. The fourth-order valence-corrected chi connectivity index (χ4v) is 3.26. The lowest BCUT2D eigenvalue weighted by Gasteiger charge is -2.16. The first-order chi connectivity index (χ1) is 16.9. The van der Waals surface area contributed by atoms with Gasteiger partial charge in [0.15, 0.2) is 0 Å². The van der Waals surface area contributed by atoms with Gasteiger partial charge in [-0.2, -0.15) is 5.10 Å². The Morgan fingerprint density at radius 2 is 2.03 bits per heavy atom. The molecule has 35 heavy (non-hydrogen) atoms. The van der Waals surface area contributed by atoms with Gasteiger partial charge in [-0.15, -0.1) is 0 Å². The van der Waals surface area contributed by atoms with Gasteiger partial charge < -0.3 is 14.8 Å². The maximum Gasteiger partial charge on any atom is 0.259 e. The van der Waals surface area contributed by atoms with Gasteiger partial charge in [0.2, 0.25) is 0 Å². The monoisotopic (exact) mass is 478 g/mol. The van der Waals surface area contributed by atoms with E-state index in [1.54, 1.807) is 60.7 Å². The number of allylic oxidation sites excluding steroid dienone is 3. The smallest absolute Gasteiger partial charge is 0.259 e. The number of nitrogens with zero attached hydrogens (tertiary/aromatic N) is 3. The molecule has 184 valence electrons. The van der Waals surface area contributed by atoms with E-state index in [0.29, 0.717) is 30.2 Å². The SMILES string of the molecule is COCCn1cc(-c2ccc(OC/C(=C/C=C(\C)F)C(C)C)c(C(=O)Nc3cccnc3)c2)cn1. The van der Waals surface area contributed by atoms with Crippen molar-refractivity contribution in [1.82, 2.24) is 14.8 Å². The van der Waals surface area contributed by atoms with E-state index in [9.17, 15) is 9.18 Å². The highest BCUT2D eigenvalue weighted by Gasteiger charge is 2.17. The summed E-state index contributed by atoms with van der Waals surface area (Å²) in [6, 6.07) is 8.95. The van der Waals surface area contributed by atoms with Crippen molar-refractivity contribution in [2.45, 2.75) is 27.3 Å². The summed E-state index contributed by atoms with van der Waals surface area (Å²) >= 11 is 0. The van der Waals surface area contributed by atoms with Crippen molar-refractivity contribution in [3.8, 4) is 16.9 Å². The minimum Gasteiger partial charge on any atom is -0.488 e. The van der Waals surface area contributed by atoms with Gasteiger partial charge in [0.1, 0.15) is 12.4 Å². The molecule has 0 aliphatic rings. The number of hydrogen-bond acceptors (Lipinski definition) is 5. The van der Waals surface area contributed by atoms with Crippen LogP contribution >= 0.6 is 0 Å². The van der Waals surface area contributed by atoms with Crippen molar-refractivity contribution < 1.29 is 18.7 Å². The molecule has 8 heteroatoms. The average molecular weight is 479 g/mol. The largest absolute Gasteiger partial charge is 0.488 e. The number of anilines is 1. The van der Waals surface area contributed by atoms with Crippen molar-refractivity contribution in [3.05, 3.63) is 84.2 Å². The normalized spacial score (nSPS) is 12.2. The van der Waals surface area contributed by atoms with Crippen LogP contribution in [0.5, 0.6) is 5.75 Å². The molecule has 0 spiro atoms. The molecule has 7 nitrogen and oxygen atoms in total. The molecule has 1 amide bonds. The molecule has 0 fully saturated rings. The lowest BCUT2D eigenvalue weighted by molar-refractivity contribution is 0.102. The number of benzene rings is 1. The van der Waals surface area contributed by atoms with Crippen LogP contribution in [0.1, 0.15) is 31.1 Å². The summed E-state index contributed by atoms with van der Waals surface area (Å²) in [7, 11) is 1.64. The average Bonchev–Trinajstić information content (AvgIpc) is 3.32. The highest BCUT2D eigenvalue weighted by Crippen LogP contribution is 2.28. The molecular weight excluding hydrogens is 447 g/mol. The third-order valence-corrected chi connectivity index (χ3v) is 5.30. The van der Waals surface area contributed by atoms with E-state index in [0.717, 1.165) is 16.7 Å². The second-order valence-electron chi connectivity index (χ2n) is 8.33. The second kappa shape index (κ2) is 12.6. The number of rotatable bonds is 11. The Kier molecular flexibility index (Phi) is 9.31. The minimum absolute atomic E-state index is 0.149. The highest BCUT2D eigenvalue weighted by molar-refractivity contribution is 6.06. The topological polar surface area (TPSA) is 78.3 Å². The molecule has 0 saturated carbocycles. The van der Waals surface area contributed by atoms with Crippen molar-refractivity contribution in [2.24, 2.45) is 5.92 Å². The van der Waals surface area contributed by atoms with Gasteiger partial charge in [-0.25, -0.2) is 4.39 Å². The number of ether oxygens (including phenoxy) is 2. The third kappa shape index (κ3) is 7.61. The first-order valence-corrected chi connectivity index (χ1v) is 11.4. The molecule has 0 aliphatic carbocycles. The van der Waals surface area contributed by atoms with Gasteiger partial charge in [0.05, 0.1) is 42.6 Å². The number of carbonyl (C=O) groups excluding carboxylic acids is 1. The Balaban J connectivity index is 1.91. The maximum absolute atomic E-state index is 13.2. The van der Waals surface area contributed by atoms with Gasteiger partial charge in [0, 0.05) is 25.1 Å². The summed E-state index contributed by atoms with van der Waals surface area (Å²) in [6.45, 7) is 6.82. The zero-order valence-corrected chi connectivity index (χ0v) is 20.5. The predicted octanol–water partition coefficient (Wildman–Crippen LogP) is 5.68. The number of carbonyl (C=O) groups is 1. The Morgan fingerprint density at radius 3 is 2.71 bits per heavy atom. The van der Waals surface area contributed by atoms with Gasteiger partial charge in [0.25, 0.3) is 5.91 Å². The summed E-state index contributed by atoms with van der Waals surface area (Å²) in [5, 5.41) is 7.23. The number of aromatic nitrogens is 3. The Hall–Kier alpha value is -3.78. The standard InChI is InChI=1S/C27H31FN4O3/c1-19(2)22(8-7-20(3)28)18-35-26-10-9-21(23-15-30-32(17-23)12-13-34-4)14-25(26)27(33)31-24-6-5-11-29-16-24/h5-11,14-17,19H,12-13,18H2,1-4H3,(H,31,33)/b20-7+,22-8-. The second-order valence-corrected chi connectivity index (χ2v) is 8.33. The van der Waals surface area contributed by atoms with Crippen LogP contribution in [-0.2, 0) is 11.3 Å². The van der Waals surface area contributed by atoms with Gasteiger partial charge in [-0.3, -0.25) is 14.5 Å². The van der Waals surface area contributed by atoms with Gasteiger partial charge >= 0.3 is 0 Å². The van der Waals surface area contributed by atoms with Crippen LogP contribution in [0.2, 0.25) is 0 Å². The van der Waals surface area contributed by atoms with Crippen molar-refractivity contribution in [3.63, 3.8) is 0 Å². The van der Waals surface area contributed by atoms with E-state index < -0.39 is 0 Å². The number of amides is 1. The maximum atomic E-state index is 13.2. The molecule has 2 heterocycles. The van der Waals surface area contributed by atoms with E-state index in [2.05, 4.69) is 15.4 Å². The molecule has 0 unspecified atom stereocenters. The van der Waals surface area contributed by atoms with E-state index >= 15 is 0 Å². The molecular formula is C27H31FN4O3. The Bertz CT molecular complexity index is 1180. The molecule has 1 N–H and O–H groups in total. The van der Waals surface area contributed by atoms with Crippen LogP contribution in [0.4, 0.5) is 10.1 Å². The van der Waals surface area contributed by atoms with Crippen molar-refractivity contribution in [2.75, 3.05) is 25.6 Å². The number of nitrogens with one attached hydrogen (secondary N) is 1. The molecule has 0 atom stereocenters. The van der Waals surface area contributed by atoms with Crippen LogP contribution < -0.4 is 10.1 Å². The van der Waals surface area contributed by atoms with Gasteiger partial charge in [-0.1, -0.05) is 26.0 Å². The first-order valence-electron chi connectivity index (χ1n) is 11.4. The lowest BCUT2D eigenvalue weighted by atomic mass is 10.0. The number of pyridine rings is 1. The molecule has 3 aromatic rings. The Labute approximate surface area is 205 Å². The molecule has 2 aromatic heterocycles. The van der Waals surface area contributed by atoms with Crippen molar-refractivity contribution >= 4 is 11.6 Å². The van der Waals surface area contributed by atoms with Crippen LogP contribution in [0.3, 0.4) is 0 Å². The Morgan fingerprint density at radius 1 is 1.20 bits per heavy atom. The summed E-state index contributed by atoms with van der Waals surface area (Å²) < 4.78 is 26.2. The van der Waals surface area contributed by atoms with Crippen LogP contribution in [0.25, 0.3) is 11.1 Å². The molecule has 3 rings (SSSR count). The fourth-order valence-electron chi connectivity index (χ4n) is 3.26. The molecule has 1 aromatic carbocycles. The zero-order valence-electron chi connectivity index (χ0n) is 20.5. The quantitative estimate of drug-likeness (QED) is 0.359. The summed E-state index contributed by atoms with van der Waals surface area (Å²) in [4.78, 5) is 17.3. The summed E-state index contributed by atoms with van der Waals surface area (Å²) in [5.74, 6) is -0.0313. The fraction of sp³-hybridized carbons (Fsp3) is 0.296. The number of hydrogen-bond donors (Lipinski definition) is 1. The molecule has 0 saturated heterocycles. The van der Waals surface area contributed by atoms with E-state index in [-0.39, 0.29) is 24.3 Å². The van der Waals surface area contributed by atoms with E-state index in [4.69, 9.17) is 9.47 Å². The van der Waals surface area contributed by atoms with Crippen molar-refractivity contribution in [1.29, 1.82) is 0 Å². The molecule has 0 aliphatic heterocycles. The van der Waals surface area contributed by atoms with Gasteiger partial charge in [-0.05, 0) is 54.3 Å². The number of methoxy groups -OCH3 is 1. The summed E-state index contributed by atoms with van der Waals surface area (Å²) in [6.07, 6.45) is 10.0. The lowest BCUT2D eigenvalue weighted by Crippen LogP contribution is -2.15. The predicted molar refractivity (Wildman–Crippen MR) is 135 cm³/mol. The van der Waals surface area contributed by atoms with Crippen LogP contribution in [-0.4, -0.2) is 41.0 Å². The number of halogens is 1. The van der Waals surface area contributed by atoms with E-state index in [1.165, 1.54) is 13.0 Å². The highest BCUT2D eigenvalue weighted by atomic mass is 19.1.